The van der Waals surface area contributed by atoms with Crippen LogP contribution in [0.4, 0.5) is 0 Å². The molecule has 2 rings (SSSR count). The van der Waals surface area contributed by atoms with Crippen molar-refractivity contribution in [2.75, 3.05) is 5.75 Å². The number of thioether (sulfide) groups is 1. The van der Waals surface area contributed by atoms with Crippen molar-refractivity contribution in [3.63, 3.8) is 0 Å². The lowest BCUT2D eigenvalue weighted by atomic mass is 9.99. The van der Waals surface area contributed by atoms with Crippen LogP contribution in [0.1, 0.15) is 44.9 Å². The summed E-state index contributed by atoms with van der Waals surface area (Å²) in [6.45, 7) is 0. The summed E-state index contributed by atoms with van der Waals surface area (Å²) < 4.78 is 0. The van der Waals surface area contributed by atoms with Gasteiger partial charge in [-0.15, -0.1) is 11.8 Å². The zero-order chi connectivity index (χ0) is 14.0. The van der Waals surface area contributed by atoms with Gasteiger partial charge in [0.2, 0.25) is 5.91 Å². The highest BCUT2D eigenvalue weighted by Crippen LogP contribution is 2.17. The molecular formula is C16H22N2OS. The molecule has 1 aromatic rings. The minimum absolute atomic E-state index is 0.0200. The van der Waals surface area contributed by atoms with E-state index in [-0.39, 0.29) is 5.91 Å². The summed E-state index contributed by atoms with van der Waals surface area (Å²) in [6, 6.07) is 9.96. The van der Waals surface area contributed by atoms with E-state index in [2.05, 4.69) is 10.5 Å². The van der Waals surface area contributed by atoms with E-state index in [4.69, 9.17) is 0 Å². The standard InChI is InChI=1S/C16H22N2OS/c19-16(13-20-15-11-7-4-8-12-15)18-17-14-9-5-2-1-3-6-10-14/h4,7-8,11-12H,1-3,5-6,9-10,13H2,(H,18,19). The predicted octanol–water partition coefficient (Wildman–Crippen LogP) is 4.00. The number of nitrogens with zero attached hydrogens (tertiary/aromatic N) is 1. The molecule has 1 amide bonds. The smallest absolute Gasteiger partial charge is 0.250 e. The van der Waals surface area contributed by atoms with E-state index in [1.807, 2.05) is 30.3 Å². The van der Waals surface area contributed by atoms with Gasteiger partial charge in [-0.3, -0.25) is 4.79 Å². The van der Waals surface area contributed by atoms with Gasteiger partial charge >= 0.3 is 0 Å². The Kier molecular flexibility index (Phi) is 6.64. The Morgan fingerprint density at radius 3 is 2.40 bits per heavy atom. The summed E-state index contributed by atoms with van der Waals surface area (Å²) in [5.41, 5.74) is 3.85. The molecule has 0 atom stereocenters. The number of nitrogens with one attached hydrogen (secondary N) is 1. The van der Waals surface area contributed by atoms with E-state index in [1.165, 1.54) is 32.1 Å². The molecule has 0 aromatic heterocycles. The second-order valence-corrected chi connectivity index (χ2v) is 6.13. The predicted molar refractivity (Wildman–Crippen MR) is 85.1 cm³/mol. The molecule has 1 N–H and O–H groups in total. The number of benzene rings is 1. The van der Waals surface area contributed by atoms with Gasteiger partial charge in [-0.05, 0) is 37.8 Å². The highest BCUT2D eigenvalue weighted by atomic mass is 32.2. The highest BCUT2D eigenvalue weighted by molar-refractivity contribution is 8.00. The normalized spacial score (nSPS) is 16.1. The molecule has 0 bridgehead atoms. The maximum Gasteiger partial charge on any atom is 0.250 e. The molecule has 108 valence electrons. The number of rotatable bonds is 4. The Balaban J connectivity index is 1.73. The van der Waals surface area contributed by atoms with Gasteiger partial charge in [0.1, 0.15) is 0 Å². The fourth-order valence-electron chi connectivity index (χ4n) is 2.26. The van der Waals surface area contributed by atoms with Crippen molar-refractivity contribution in [1.29, 1.82) is 0 Å². The summed E-state index contributed by atoms with van der Waals surface area (Å²) in [5, 5.41) is 4.30. The van der Waals surface area contributed by atoms with E-state index in [0.29, 0.717) is 5.75 Å². The van der Waals surface area contributed by atoms with Crippen LogP contribution in [-0.2, 0) is 4.79 Å². The van der Waals surface area contributed by atoms with Crippen LogP contribution in [0.5, 0.6) is 0 Å². The molecule has 1 aliphatic carbocycles. The molecule has 0 saturated heterocycles. The first-order valence-corrected chi connectivity index (χ1v) is 8.35. The van der Waals surface area contributed by atoms with E-state index in [0.717, 1.165) is 23.4 Å². The molecule has 0 unspecified atom stereocenters. The zero-order valence-corrected chi connectivity index (χ0v) is 12.6. The van der Waals surface area contributed by atoms with Crippen molar-refractivity contribution in [3.8, 4) is 0 Å². The van der Waals surface area contributed by atoms with Gasteiger partial charge in [0.15, 0.2) is 0 Å². The van der Waals surface area contributed by atoms with E-state index >= 15 is 0 Å². The van der Waals surface area contributed by atoms with E-state index in [9.17, 15) is 4.79 Å². The topological polar surface area (TPSA) is 41.5 Å². The maximum atomic E-state index is 11.8. The first-order chi connectivity index (χ1) is 9.84. The molecule has 0 heterocycles. The first-order valence-electron chi connectivity index (χ1n) is 7.37. The van der Waals surface area contributed by atoms with Crippen LogP contribution < -0.4 is 5.43 Å². The van der Waals surface area contributed by atoms with Gasteiger partial charge in [-0.25, -0.2) is 5.43 Å². The number of hydrazone groups is 1. The Labute approximate surface area is 125 Å². The molecule has 0 spiro atoms. The number of carbonyl (C=O) groups excluding carboxylic acids is 1. The van der Waals surface area contributed by atoms with E-state index < -0.39 is 0 Å². The maximum absolute atomic E-state index is 11.8. The van der Waals surface area contributed by atoms with Gasteiger partial charge in [-0.1, -0.05) is 37.5 Å². The lowest BCUT2D eigenvalue weighted by Crippen LogP contribution is -2.21. The molecule has 0 aliphatic heterocycles. The van der Waals surface area contributed by atoms with Gasteiger partial charge in [0, 0.05) is 10.6 Å². The first kappa shape index (κ1) is 15.1. The number of hydrogen-bond donors (Lipinski definition) is 1. The monoisotopic (exact) mass is 290 g/mol. The quantitative estimate of drug-likeness (QED) is 0.673. The number of amides is 1. The van der Waals surface area contributed by atoms with Crippen LogP contribution in [-0.4, -0.2) is 17.4 Å². The molecule has 4 heteroatoms. The SMILES string of the molecule is O=C(CSc1ccccc1)NN=C1CCCCCCC1. The van der Waals surface area contributed by atoms with E-state index in [1.54, 1.807) is 11.8 Å². The molecule has 1 aliphatic rings. The van der Waals surface area contributed by atoms with Crippen LogP contribution >= 0.6 is 11.8 Å². The minimum Gasteiger partial charge on any atom is -0.272 e. The molecule has 1 fully saturated rings. The fourth-order valence-corrected chi connectivity index (χ4v) is 2.98. The summed E-state index contributed by atoms with van der Waals surface area (Å²) >= 11 is 1.54. The van der Waals surface area contributed by atoms with Gasteiger partial charge in [-0.2, -0.15) is 5.10 Å². The summed E-state index contributed by atoms with van der Waals surface area (Å²) in [6.07, 6.45) is 8.39. The van der Waals surface area contributed by atoms with Gasteiger partial charge in [0.05, 0.1) is 5.75 Å². The third kappa shape index (κ3) is 5.78. The van der Waals surface area contributed by atoms with Crippen molar-refractivity contribution in [3.05, 3.63) is 30.3 Å². The van der Waals surface area contributed by atoms with Crippen molar-refractivity contribution >= 4 is 23.4 Å². The lowest BCUT2D eigenvalue weighted by Gasteiger charge is -2.10. The molecule has 3 nitrogen and oxygen atoms in total. The lowest BCUT2D eigenvalue weighted by molar-refractivity contribution is -0.118. The van der Waals surface area contributed by atoms with Crippen molar-refractivity contribution in [1.82, 2.24) is 5.43 Å². The van der Waals surface area contributed by atoms with Crippen molar-refractivity contribution in [2.45, 2.75) is 49.8 Å². The van der Waals surface area contributed by atoms with Gasteiger partial charge < -0.3 is 0 Å². The average Bonchev–Trinajstić information content (AvgIpc) is 2.45. The molecule has 0 radical (unpaired) electrons. The Morgan fingerprint density at radius 1 is 1.05 bits per heavy atom. The summed E-state index contributed by atoms with van der Waals surface area (Å²) in [5.74, 6) is 0.397. The fraction of sp³-hybridized carbons (Fsp3) is 0.500. The Hall–Kier alpha value is -1.29. The second kappa shape index (κ2) is 8.80. The molecular weight excluding hydrogens is 268 g/mol. The summed E-state index contributed by atoms with van der Waals surface area (Å²) in [4.78, 5) is 12.9. The van der Waals surface area contributed by atoms with Crippen LogP contribution in [0.2, 0.25) is 0 Å². The van der Waals surface area contributed by atoms with Crippen molar-refractivity contribution < 1.29 is 4.79 Å². The average molecular weight is 290 g/mol. The third-order valence-corrected chi connectivity index (χ3v) is 4.39. The van der Waals surface area contributed by atoms with Gasteiger partial charge in [0.25, 0.3) is 0 Å². The molecule has 1 saturated carbocycles. The minimum atomic E-state index is -0.0200. The van der Waals surface area contributed by atoms with Crippen LogP contribution in [0.15, 0.2) is 40.3 Å². The zero-order valence-electron chi connectivity index (χ0n) is 11.8. The van der Waals surface area contributed by atoms with Crippen molar-refractivity contribution in [2.24, 2.45) is 5.10 Å². The summed E-state index contributed by atoms with van der Waals surface area (Å²) in [7, 11) is 0. The molecule has 1 aromatic carbocycles. The number of carbonyl (C=O) groups is 1. The Morgan fingerprint density at radius 2 is 1.70 bits per heavy atom. The second-order valence-electron chi connectivity index (χ2n) is 5.08. The number of hydrogen-bond acceptors (Lipinski definition) is 3. The van der Waals surface area contributed by atoms with Crippen LogP contribution in [0.25, 0.3) is 0 Å². The Bertz CT molecular complexity index is 435. The molecule has 20 heavy (non-hydrogen) atoms. The van der Waals surface area contributed by atoms with Crippen LogP contribution in [0.3, 0.4) is 0 Å². The largest absolute Gasteiger partial charge is 0.272 e. The highest BCUT2D eigenvalue weighted by Gasteiger charge is 2.06. The van der Waals surface area contributed by atoms with Crippen LogP contribution in [0, 0.1) is 0 Å². The third-order valence-electron chi connectivity index (χ3n) is 3.38.